The summed E-state index contributed by atoms with van der Waals surface area (Å²) >= 11 is 2.04. The molecule has 3 aromatic carbocycles. The Labute approximate surface area is 227 Å². The molecule has 0 heterocycles. The number of nitro benzene ring substituents is 2. The van der Waals surface area contributed by atoms with Crippen molar-refractivity contribution in [1.29, 1.82) is 0 Å². The fourth-order valence-corrected chi connectivity index (χ4v) is 4.46. The zero-order valence-electron chi connectivity index (χ0n) is 18.4. The summed E-state index contributed by atoms with van der Waals surface area (Å²) in [5.74, 6) is -0.606. The molecule has 0 radical (unpaired) electrons. The van der Waals surface area contributed by atoms with Crippen molar-refractivity contribution in [2.24, 2.45) is 15.3 Å². The molecule has 3 N–H and O–H groups in total. The minimum absolute atomic E-state index is 0.266. The molecule has 0 aromatic heterocycles. The van der Waals surface area contributed by atoms with Crippen LogP contribution in [0, 0.1) is 23.8 Å². The molecule has 0 amide bonds. The quantitative estimate of drug-likeness (QED) is 0.0581. The molecule has 198 valence electrons. The maximum absolute atomic E-state index is 12.0. The van der Waals surface area contributed by atoms with Crippen LogP contribution in [-0.4, -0.2) is 41.6 Å². The molecule has 3 aromatic rings. The van der Waals surface area contributed by atoms with E-state index in [4.69, 9.17) is 0 Å². The highest BCUT2D eigenvalue weighted by Gasteiger charge is 2.24. The van der Waals surface area contributed by atoms with Crippen molar-refractivity contribution in [3.05, 3.63) is 90.0 Å². The predicted molar refractivity (Wildman–Crippen MR) is 140 cm³/mol. The maximum atomic E-state index is 12.0. The number of nitrogens with one attached hydrogen (secondary N) is 1. The molecule has 0 aliphatic carbocycles. The van der Waals surface area contributed by atoms with E-state index in [1.165, 1.54) is 0 Å². The van der Waals surface area contributed by atoms with E-state index in [9.17, 15) is 46.2 Å². The molecule has 0 saturated carbocycles. The summed E-state index contributed by atoms with van der Waals surface area (Å²) in [4.78, 5) is 18.7. The first-order valence-electron chi connectivity index (χ1n) is 9.70. The maximum Gasteiger partial charge on any atom is 0.301 e. The Hall–Kier alpha value is -3.92. The van der Waals surface area contributed by atoms with Crippen molar-refractivity contribution in [2.45, 2.75) is 9.79 Å². The Kier molecular flexibility index (Phi) is 8.46. The Morgan fingerprint density at radius 1 is 0.868 bits per heavy atom. The number of anilines is 1. The Morgan fingerprint density at radius 3 is 2.08 bits per heavy atom. The number of benzene rings is 3. The molecular formula is C19H13IN6O10S2. The van der Waals surface area contributed by atoms with Gasteiger partial charge in [-0.2, -0.15) is 21.9 Å². The van der Waals surface area contributed by atoms with Gasteiger partial charge in [-0.25, -0.2) is 0 Å². The van der Waals surface area contributed by atoms with Crippen molar-refractivity contribution in [2.75, 3.05) is 5.43 Å². The first kappa shape index (κ1) is 28.6. The molecule has 0 bridgehead atoms. The lowest BCUT2D eigenvalue weighted by Gasteiger charge is -2.09. The first-order valence-corrected chi connectivity index (χ1v) is 13.7. The summed E-state index contributed by atoms with van der Waals surface area (Å²) in [6.45, 7) is 0. The highest BCUT2D eigenvalue weighted by Crippen LogP contribution is 2.30. The molecule has 0 aliphatic heterocycles. The second kappa shape index (κ2) is 11.2. The molecule has 0 aliphatic rings. The van der Waals surface area contributed by atoms with Crippen LogP contribution in [0.2, 0.25) is 0 Å². The lowest BCUT2D eigenvalue weighted by atomic mass is 10.2. The van der Waals surface area contributed by atoms with E-state index >= 15 is 0 Å². The third kappa shape index (κ3) is 7.10. The predicted octanol–water partition coefficient (Wildman–Crippen LogP) is 4.16. The third-order valence-electron chi connectivity index (χ3n) is 4.53. The van der Waals surface area contributed by atoms with E-state index < -0.39 is 62.6 Å². The molecule has 3 rings (SSSR count). The number of rotatable bonds is 8. The van der Waals surface area contributed by atoms with Crippen molar-refractivity contribution >= 4 is 71.4 Å². The smallest absolute Gasteiger partial charge is 0.282 e. The van der Waals surface area contributed by atoms with Crippen LogP contribution < -0.4 is 5.43 Å². The van der Waals surface area contributed by atoms with Gasteiger partial charge >= 0.3 is 5.69 Å². The van der Waals surface area contributed by atoms with Crippen LogP contribution in [-0.2, 0) is 20.2 Å². The Bertz CT molecular complexity index is 1710. The van der Waals surface area contributed by atoms with Crippen LogP contribution in [0.15, 0.2) is 85.8 Å². The number of hydrazone groups is 1. The summed E-state index contributed by atoms with van der Waals surface area (Å²) < 4.78 is 66.9. The topological polar surface area (TPSA) is 244 Å². The number of amidine groups is 1. The molecule has 38 heavy (non-hydrogen) atoms. The molecule has 0 atom stereocenters. The van der Waals surface area contributed by atoms with Gasteiger partial charge in [-0.3, -0.25) is 34.8 Å². The zero-order chi connectivity index (χ0) is 28.3. The third-order valence-corrected chi connectivity index (χ3v) is 6.99. The number of halogens is 1. The average Bonchev–Trinajstić information content (AvgIpc) is 2.83. The number of hydrogen-bond donors (Lipinski definition) is 3. The summed E-state index contributed by atoms with van der Waals surface area (Å²) in [6.07, 6.45) is 0. The van der Waals surface area contributed by atoms with Gasteiger partial charge in [-0.05, 0) is 71.1 Å². The van der Waals surface area contributed by atoms with Gasteiger partial charge in [-0.15, -0.1) is 10.2 Å². The van der Waals surface area contributed by atoms with Crippen LogP contribution in [0.4, 0.5) is 22.7 Å². The summed E-state index contributed by atoms with van der Waals surface area (Å²) in [7, 11) is -10.0. The lowest BCUT2D eigenvalue weighted by molar-refractivity contribution is -0.393. The number of nitro groups is 2. The number of hydrogen-bond acceptors (Lipinski definition) is 11. The zero-order valence-corrected chi connectivity index (χ0v) is 22.2. The van der Waals surface area contributed by atoms with Gasteiger partial charge in [0.1, 0.15) is 10.6 Å². The fraction of sp³-hybridized carbons (Fsp3) is 0. The van der Waals surface area contributed by atoms with Crippen LogP contribution in [0.5, 0.6) is 0 Å². The molecule has 16 nitrogen and oxygen atoms in total. The molecule has 0 saturated heterocycles. The largest absolute Gasteiger partial charge is 0.301 e. The van der Waals surface area contributed by atoms with E-state index in [-0.39, 0.29) is 11.4 Å². The molecule has 19 heteroatoms. The van der Waals surface area contributed by atoms with Gasteiger partial charge in [0, 0.05) is 15.2 Å². The summed E-state index contributed by atoms with van der Waals surface area (Å²) in [6, 6.07) is 11.1. The Balaban J connectivity index is 2.21. The van der Waals surface area contributed by atoms with Crippen molar-refractivity contribution in [1.82, 2.24) is 0 Å². The van der Waals surface area contributed by atoms with E-state index in [2.05, 4.69) is 20.8 Å². The van der Waals surface area contributed by atoms with Crippen molar-refractivity contribution in [3.8, 4) is 0 Å². The van der Waals surface area contributed by atoms with Gasteiger partial charge in [0.05, 0.1) is 26.5 Å². The van der Waals surface area contributed by atoms with Gasteiger partial charge in [0.25, 0.3) is 25.9 Å². The van der Waals surface area contributed by atoms with E-state index in [0.29, 0.717) is 12.1 Å². The first-order chi connectivity index (χ1) is 17.7. The van der Waals surface area contributed by atoms with Crippen LogP contribution in [0.3, 0.4) is 0 Å². The minimum Gasteiger partial charge on any atom is -0.282 e. The summed E-state index contributed by atoms with van der Waals surface area (Å²) in [5, 5.41) is 34.0. The van der Waals surface area contributed by atoms with Crippen molar-refractivity contribution < 1.29 is 35.8 Å². The van der Waals surface area contributed by atoms with Crippen LogP contribution >= 0.6 is 22.6 Å². The van der Waals surface area contributed by atoms with Crippen molar-refractivity contribution in [3.63, 3.8) is 0 Å². The molecule has 0 fully saturated rings. The SMILES string of the molecule is O=[N+]([O-])c1ccc(NN=C(N=Nc2ccc(I)cc2)c2ccc(S(=O)(=O)O)cc2S(=O)(=O)O)c([N+](=O)[O-])c1. The van der Waals surface area contributed by atoms with E-state index in [1.807, 2.05) is 22.6 Å². The monoisotopic (exact) mass is 676 g/mol. The van der Waals surface area contributed by atoms with Crippen LogP contribution in [0.25, 0.3) is 0 Å². The molecule has 0 spiro atoms. The van der Waals surface area contributed by atoms with Gasteiger partial charge < -0.3 is 0 Å². The highest BCUT2D eigenvalue weighted by molar-refractivity contribution is 14.1. The fourth-order valence-electron chi connectivity index (χ4n) is 2.80. The highest BCUT2D eigenvalue weighted by atomic mass is 127. The Morgan fingerprint density at radius 2 is 1.53 bits per heavy atom. The lowest BCUT2D eigenvalue weighted by Crippen LogP contribution is -2.11. The van der Waals surface area contributed by atoms with Gasteiger partial charge in [0.2, 0.25) is 5.84 Å². The molecular weight excluding hydrogens is 663 g/mol. The number of non-ortho nitro benzene ring substituents is 1. The normalized spacial score (nSPS) is 12.4. The second-order valence-corrected chi connectivity index (χ2v) is 11.1. The van der Waals surface area contributed by atoms with E-state index in [1.54, 1.807) is 24.3 Å². The molecule has 0 unspecified atom stereocenters. The summed E-state index contributed by atoms with van der Waals surface area (Å²) in [5.41, 5.74) is 0.315. The number of azo groups is 1. The van der Waals surface area contributed by atoms with Gasteiger partial charge in [0.15, 0.2) is 0 Å². The minimum atomic E-state index is -5.14. The number of nitrogens with zero attached hydrogens (tertiary/aromatic N) is 5. The second-order valence-electron chi connectivity index (χ2n) is 7.05. The van der Waals surface area contributed by atoms with Crippen LogP contribution in [0.1, 0.15) is 5.56 Å². The average molecular weight is 676 g/mol. The van der Waals surface area contributed by atoms with Gasteiger partial charge in [-0.1, -0.05) is 0 Å². The standard InChI is InChI=1S/C19H13IN6O10S2/c20-11-1-3-12(4-2-11)21-23-19(15-7-6-14(37(31,32)33)10-18(15)38(34,35)36)24-22-16-8-5-13(25(27)28)9-17(16)26(29)30/h1-10,22H,(H,31,32,33)(H,34,35,36). The van der Waals surface area contributed by atoms with E-state index in [0.717, 1.165) is 27.8 Å².